The van der Waals surface area contributed by atoms with E-state index in [2.05, 4.69) is 10.3 Å². The van der Waals surface area contributed by atoms with Crippen molar-refractivity contribution in [1.82, 2.24) is 15.2 Å². The summed E-state index contributed by atoms with van der Waals surface area (Å²) in [5.74, 6) is 0.209. The smallest absolute Gasteiger partial charge is 0.223 e. The van der Waals surface area contributed by atoms with E-state index in [1.165, 1.54) is 0 Å². The average molecular weight is 263 g/mol. The summed E-state index contributed by atoms with van der Waals surface area (Å²) in [7, 11) is 1.90. The topological polar surface area (TPSA) is 54.5 Å². The van der Waals surface area contributed by atoms with E-state index in [4.69, 9.17) is 4.74 Å². The van der Waals surface area contributed by atoms with Crippen LogP contribution in [0.5, 0.6) is 0 Å². The lowest BCUT2D eigenvalue weighted by Gasteiger charge is -2.35. The van der Waals surface area contributed by atoms with Crippen LogP contribution in [-0.4, -0.2) is 55.2 Å². The van der Waals surface area contributed by atoms with Crippen LogP contribution in [0.4, 0.5) is 0 Å². The molecule has 5 nitrogen and oxygen atoms in total. The minimum Gasteiger partial charge on any atom is -0.377 e. The van der Waals surface area contributed by atoms with Crippen LogP contribution in [0.25, 0.3) is 0 Å². The van der Waals surface area contributed by atoms with E-state index in [9.17, 15) is 4.79 Å². The Morgan fingerprint density at radius 2 is 2.32 bits per heavy atom. The molecule has 0 spiro atoms. The van der Waals surface area contributed by atoms with Gasteiger partial charge in [-0.25, -0.2) is 0 Å². The highest BCUT2D eigenvalue weighted by atomic mass is 16.5. The first kappa shape index (κ1) is 14.0. The maximum absolute atomic E-state index is 12.3. The number of carbonyl (C=O) groups is 1. The molecule has 0 saturated carbocycles. The fourth-order valence-corrected chi connectivity index (χ4v) is 2.33. The minimum atomic E-state index is 0.156. The fraction of sp³-hybridized carbons (Fsp3) is 0.571. The van der Waals surface area contributed by atoms with E-state index in [0.717, 1.165) is 18.5 Å². The number of hydrogen-bond acceptors (Lipinski definition) is 4. The molecule has 1 aliphatic heterocycles. The Bertz CT molecular complexity index is 395. The van der Waals surface area contributed by atoms with E-state index < -0.39 is 0 Å². The molecular weight excluding hydrogens is 242 g/mol. The number of aryl methyl sites for hydroxylation is 1. The maximum Gasteiger partial charge on any atom is 0.223 e. The molecule has 19 heavy (non-hydrogen) atoms. The van der Waals surface area contributed by atoms with Crippen molar-refractivity contribution in [3.05, 3.63) is 30.1 Å². The molecule has 1 fully saturated rings. The van der Waals surface area contributed by atoms with Crippen LogP contribution in [0.3, 0.4) is 0 Å². The Balaban J connectivity index is 1.87. The third kappa shape index (κ3) is 4.01. The van der Waals surface area contributed by atoms with Crippen LogP contribution in [0.2, 0.25) is 0 Å². The lowest BCUT2D eigenvalue weighted by molar-refractivity contribution is -0.139. The SMILES string of the molecule is CNCC1COCCN1C(=O)CCc1ccncc1. The number of rotatable bonds is 5. The number of likely N-dealkylation sites (N-methyl/N-ethyl adjacent to an activating group) is 1. The highest BCUT2D eigenvalue weighted by Crippen LogP contribution is 2.10. The number of aromatic nitrogens is 1. The van der Waals surface area contributed by atoms with Gasteiger partial charge in [-0.3, -0.25) is 9.78 Å². The van der Waals surface area contributed by atoms with Crippen molar-refractivity contribution < 1.29 is 9.53 Å². The van der Waals surface area contributed by atoms with Gasteiger partial charge in [-0.1, -0.05) is 0 Å². The summed E-state index contributed by atoms with van der Waals surface area (Å²) in [6, 6.07) is 4.07. The van der Waals surface area contributed by atoms with Gasteiger partial charge in [0.1, 0.15) is 0 Å². The molecule has 1 N–H and O–H groups in total. The fourth-order valence-electron chi connectivity index (χ4n) is 2.33. The number of morpholine rings is 1. The lowest BCUT2D eigenvalue weighted by atomic mass is 10.1. The van der Waals surface area contributed by atoms with Crippen molar-refractivity contribution in [1.29, 1.82) is 0 Å². The van der Waals surface area contributed by atoms with Crippen LogP contribution in [-0.2, 0) is 16.0 Å². The monoisotopic (exact) mass is 263 g/mol. The van der Waals surface area contributed by atoms with Gasteiger partial charge in [0.2, 0.25) is 5.91 Å². The van der Waals surface area contributed by atoms with Gasteiger partial charge in [0, 0.05) is 31.9 Å². The van der Waals surface area contributed by atoms with E-state index in [1.807, 2.05) is 24.1 Å². The number of pyridine rings is 1. The highest BCUT2D eigenvalue weighted by molar-refractivity contribution is 5.77. The molecule has 2 heterocycles. The van der Waals surface area contributed by atoms with Crippen molar-refractivity contribution in [3.8, 4) is 0 Å². The summed E-state index contributed by atoms with van der Waals surface area (Å²) in [6.45, 7) is 2.74. The predicted molar refractivity (Wildman–Crippen MR) is 72.8 cm³/mol. The van der Waals surface area contributed by atoms with Crippen LogP contribution in [0.1, 0.15) is 12.0 Å². The lowest BCUT2D eigenvalue weighted by Crippen LogP contribution is -2.52. The largest absolute Gasteiger partial charge is 0.377 e. The Kier molecular flexibility index (Phi) is 5.30. The van der Waals surface area contributed by atoms with Crippen molar-refractivity contribution in [2.75, 3.05) is 33.4 Å². The first-order valence-electron chi connectivity index (χ1n) is 6.72. The van der Waals surface area contributed by atoms with Crippen LogP contribution in [0, 0.1) is 0 Å². The highest BCUT2D eigenvalue weighted by Gasteiger charge is 2.26. The van der Waals surface area contributed by atoms with E-state index in [-0.39, 0.29) is 11.9 Å². The Labute approximate surface area is 114 Å². The Morgan fingerprint density at radius 1 is 1.53 bits per heavy atom. The van der Waals surface area contributed by atoms with Gasteiger partial charge in [-0.2, -0.15) is 0 Å². The average Bonchev–Trinajstić information content (AvgIpc) is 2.47. The van der Waals surface area contributed by atoms with E-state index in [0.29, 0.717) is 26.2 Å². The molecule has 0 aliphatic carbocycles. The minimum absolute atomic E-state index is 0.156. The molecule has 0 radical (unpaired) electrons. The third-order valence-electron chi connectivity index (χ3n) is 3.36. The molecule has 2 rings (SSSR count). The number of hydrogen-bond donors (Lipinski definition) is 1. The van der Waals surface area contributed by atoms with E-state index >= 15 is 0 Å². The summed E-state index contributed by atoms with van der Waals surface area (Å²) in [5, 5.41) is 3.11. The zero-order chi connectivity index (χ0) is 13.5. The summed E-state index contributed by atoms with van der Waals surface area (Å²) in [4.78, 5) is 18.2. The van der Waals surface area contributed by atoms with Gasteiger partial charge in [-0.05, 0) is 31.2 Å². The van der Waals surface area contributed by atoms with Gasteiger partial charge in [0.25, 0.3) is 0 Å². The first-order valence-corrected chi connectivity index (χ1v) is 6.72. The van der Waals surface area contributed by atoms with Crippen LogP contribution >= 0.6 is 0 Å². The molecule has 1 atom stereocenters. The second kappa shape index (κ2) is 7.21. The molecule has 1 saturated heterocycles. The molecule has 1 amide bonds. The molecule has 5 heteroatoms. The summed E-state index contributed by atoms with van der Waals surface area (Å²) >= 11 is 0. The number of ether oxygens (including phenoxy) is 1. The molecule has 1 unspecified atom stereocenters. The normalized spacial score (nSPS) is 19.4. The Morgan fingerprint density at radius 3 is 3.05 bits per heavy atom. The molecule has 0 aromatic carbocycles. The molecule has 1 aromatic heterocycles. The van der Waals surface area contributed by atoms with Gasteiger partial charge in [0.05, 0.1) is 19.3 Å². The van der Waals surface area contributed by atoms with Crippen molar-refractivity contribution in [2.24, 2.45) is 0 Å². The molecule has 104 valence electrons. The summed E-state index contributed by atoms with van der Waals surface area (Å²) < 4.78 is 5.44. The number of amides is 1. The zero-order valence-corrected chi connectivity index (χ0v) is 11.3. The maximum atomic E-state index is 12.3. The number of nitrogens with zero attached hydrogens (tertiary/aromatic N) is 2. The first-order chi connectivity index (χ1) is 9.31. The number of carbonyl (C=O) groups excluding carboxylic acids is 1. The second-order valence-corrected chi connectivity index (χ2v) is 4.73. The molecular formula is C14H21N3O2. The Hall–Kier alpha value is -1.46. The van der Waals surface area contributed by atoms with Gasteiger partial charge in [0.15, 0.2) is 0 Å². The second-order valence-electron chi connectivity index (χ2n) is 4.73. The van der Waals surface area contributed by atoms with Gasteiger partial charge < -0.3 is 15.0 Å². The van der Waals surface area contributed by atoms with Crippen molar-refractivity contribution >= 4 is 5.91 Å². The number of nitrogens with one attached hydrogen (secondary N) is 1. The standard InChI is InChI=1S/C14H21N3O2/c1-15-10-13-11-19-9-8-17(13)14(18)3-2-12-4-6-16-7-5-12/h4-7,13,15H,2-3,8-11H2,1H3. The van der Waals surface area contributed by atoms with Gasteiger partial charge >= 0.3 is 0 Å². The van der Waals surface area contributed by atoms with E-state index in [1.54, 1.807) is 12.4 Å². The summed E-state index contributed by atoms with van der Waals surface area (Å²) in [6.07, 6.45) is 4.84. The van der Waals surface area contributed by atoms with Crippen molar-refractivity contribution in [3.63, 3.8) is 0 Å². The van der Waals surface area contributed by atoms with Crippen molar-refractivity contribution in [2.45, 2.75) is 18.9 Å². The molecule has 0 bridgehead atoms. The molecule has 1 aromatic rings. The zero-order valence-electron chi connectivity index (χ0n) is 11.3. The predicted octanol–water partition coefficient (Wildman–Crippen LogP) is 0.461. The van der Waals surface area contributed by atoms with Crippen LogP contribution < -0.4 is 5.32 Å². The third-order valence-corrected chi connectivity index (χ3v) is 3.36. The van der Waals surface area contributed by atoms with Gasteiger partial charge in [-0.15, -0.1) is 0 Å². The quantitative estimate of drug-likeness (QED) is 0.838. The summed E-state index contributed by atoms with van der Waals surface area (Å²) in [5.41, 5.74) is 1.15. The molecule has 1 aliphatic rings. The van der Waals surface area contributed by atoms with Crippen LogP contribution in [0.15, 0.2) is 24.5 Å².